The molecule has 0 aromatic heterocycles. The van der Waals surface area contributed by atoms with Gasteiger partial charge in [0.25, 0.3) is 0 Å². The molecule has 13 heavy (non-hydrogen) atoms. The van der Waals surface area contributed by atoms with E-state index < -0.39 is 0 Å². The molecule has 0 saturated heterocycles. The van der Waals surface area contributed by atoms with Crippen LogP contribution in [-0.4, -0.2) is 13.7 Å². The normalized spacial score (nSPS) is 12.6. The predicted octanol–water partition coefficient (Wildman–Crippen LogP) is 2.52. The molecule has 0 fully saturated rings. The zero-order valence-corrected chi connectivity index (χ0v) is 9.47. The number of hydrogen-bond acceptors (Lipinski definition) is 2. The van der Waals surface area contributed by atoms with E-state index in [1.54, 1.807) is 7.11 Å². The van der Waals surface area contributed by atoms with E-state index in [2.05, 4.69) is 22.9 Å². The summed E-state index contributed by atoms with van der Waals surface area (Å²) in [6, 6.07) is 5.93. The van der Waals surface area contributed by atoms with E-state index in [0.717, 1.165) is 10.2 Å². The largest absolute Gasteiger partial charge is 0.497 e. The molecule has 1 aromatic carbocycles. The van der Waals surface area contributed by atoms with Crippen molar-refractivity contribution in [1.82, 2.24) is 0 Å². The van der Waals surface area contributed by atoms with Crippen LogP contribution in [0.25, 0.3) is 0 Å². The van der Waals surface area contributed by atoms with Crippen molar-refractivity contribution < 1.29 is 4.74 Å². The van der Waals surface area contributed by atoms with Crippen LogP contribution in [0.3, 0.4) is 0 Å². The Hall–Kier alpha value is -0.540. The van der Waals surface area contributed by atoms with Crippen molar-refractivity contribution in [1.29, 1.82) is 0 Å². The van der Waals surface area contributed by atoms with Crippen LogP contribution in [0.2, 0.25) is 0 Å². The first-order valence-corrected chi connectivity index (χ1v) is 5.01. The topological polar surface area (TPSA) is 35.2 Å². The second-order valence-corrected chi connectivity index (χ2v) is 3.88. The fourth-order valence-corrected chi connectivity index (χ4v) is 1.79. The van der Waals surface area contributed by atoms with Crippen LogP contribution in [0.1, 0.15) is 18.4 Å². The summed E-state index contributed by atoms with van der Waals surface area (Å²) < 4.78 is 6.23. The second kappa shape index (κ2) is 4.63. The SMILES string of the molecule is COc1ccc(Br)c(C(C)CN)c1. The molecule has 0 aliphatic heterocycles. The van der Waals surface area contributed by atoms with Crippen LogP contribution in [0.4, 0.5) is 0 Å². The van der Waals surface area contributed by atoms with E-state index in [9.17, 15) is 0 Å². The number of methoxy groups -OCH3 is 1. The molecule has 1 rings (SSSR count). The molecule has 0 spiro atoms. The Kier molecular flexibility index (Phi) is 3.75. The highest BCUT2D eigenvalue weighted by Gasteiger charge is 2.08. The van der Waals surface area contributed by atoms with E-state index in [1.807, 2.05) is 18.2 Å². The van der Waals surface area contributed by atoms with E-state index in [1.165, 1.54) is 5.56 Å². The number of halogens is 1. The first-order chi connectivity index (χ1) is 6.19. The van der Waals surface area contributed by atoms with Gasteiger partial charge in [-0.15, -0.1) is 0 Å². The van der Waals surface area contributed by atoms with Gasteiger partial charge < -0.3 is 10.5 Å². The van der Waals surface area contributed by atoms with Crippen LogP contribution in [-0.2, 0) is 0 Å². The average Bonchev–Trinajstić information content (AvgIpc) is 2.17. The standard InChI is InChI=1S/C10H14BrNO/c1-7(6-12)9-5-8(13-2)3-4-10(9)11/h3-5,7H,6,12H2,1-2H3. The molecule has 2 nitrogen and oxygen atoms in total. The Morgan fingerprint density at radius 1 is 1.54 bits per heavy atom. The smallest absolute Gasteiger partial charge is 0.119 e. The third-order valence-electron chi connectivity index (χ3n) is 2.09. The Bertz CT molecular complexity index is 288. The van der Waals surface area contributed by atoms with Crippen LogP contribution in [0.15, 0.2) is 22.7 Å². The van der Waals surface area contributed by atoms with Crippen molar-refractivity contribution in [3.05, 3.63) is 28.2 Å². The molecule has 0 heterocycles. The highest BCUT2D eigenvalue weighted by Crippen LogP contribution is 2.28. The Morgan fingerprint density at radius 3 is 2.77 bits per heavy atom. The van der Waals surface area contributed by atoms with Gasteiger partial charge in [0, 0.05) is 4.47 Å². The molecule has 0 aliphatic carbocycles. The molecule has 2 N–H and O–H groups in total. The third-order valence-corrected chi connectivity index (χ3v) is 2.81. The molecule has 0 amide bonds. The summed E-state index contributed by atoms with van der Waals surface area (Å²) in [5, 5.41) is 0. The minimum absolute atomic E-state index is 0.351. The van der Waals surface area contributed by atoms with Gasteiger partial charge >= 0.3 is 0 Å². The molecular weight excluding hydrogens is 230 g/mol. The van der Waals surface area contributed by atoms with Gasteiger partial charge in [0.05, 0.1) is 7.11 Å². The fraction of sp³-hybridized carbons (Fsp3) is 0.400. The molecule has 0 bridgehead atoms. The molecule has 1 atom stereocenters. The highest BCUT2D eigenvalue weighted by atomic mass is 79.9. The maximum Gasteiger partial charge on any atom is 0.119 e. The third kappa shape index (κ3) is 2.45. The minimum atomic E-state index is 0.351. The maximum atomic E-state index is 5.60. The molecule has 1 aromatic rings. The van der Waals surface area contributed by atoms with Gasteiger partial charge in [-0.05, 0) is 36.2 Å². The molecule has 3 heteroatoms. The van der Waals surface area contributed by atoms with E-state index in [-0.39, 0.29) is 0 Å². The Labute approximate surface area is 87.2 Å². The number of ether oxygens (including phenoxy) is 1. The van der Waals surface area contributed by atoms with Crippen molar-refractivity contribution in [2.24, 2.45) is 5.73 Å². The van der Waals surface area contributed by atoms with E-state index in [0.29, 0.717) is 12.5 Å². The summed E-state index contributed by atoms with van der Waals surface area (Å²) in [6.45, 7) is 2.74. The van der Waals surface area contributed by atoms with Crippen molar-refractivity contribution in [2.75, 3.05) is 13.7 Å². The molecule has 0 saturated carbocycles. The number of hydrogen-bond donors (Lipinski definition) is 1. The summed E-state index contributed by atoms with van der Waals surface area (Å²) in [5.41, 5.74) is 6.80. The van der Waals surface area contributed by atoms with Crippen LogP contribution in [0, 0.1) is 0 Å². The lowest BCUT2D eigenvalue weighted by Crippen LogP contribution is -2.09. The molecule has 0 aliphatic rings. The van der Waals surface area contributed by atoms with Gasteiger partial charge in [-0.3, -0.25) is 0 Å². The van der Waals surface area contributed by atoms with E-state index in [4.69, 9.17) is 10.5 Å². The Morgan fingerprint density at radius 2 is 2.23 bits per heavy atom. The number of benzene rings is 1. The van der Waals surface area contributed by atoms with Gasteiger partial charge in [0.15, 0.2) is 0 Å². The summed E-state index contributed by atoms with van der Waals surface area (Å²) in [6.07, 6.45) is 0. The first kappa shape index (κ1) is 10.5. The summed E-state index contributed by atoms with van der Waals surface area (Å²) in [4.78, 5) is 0. The van der Waals surface area contributed by atoms with Crippen LogP contribution < -0.4 is 10.5 Å². The van der Waals surface area contributed by atoms with Crippen molar-refractivity contribution in [3.63, 3.8) is 0 Å². The van der Waals surface area contributed by atoms with Crippen molar-refractivity contribution >= 4 is 15.9 Å². The first-order valence-electron chi connectivity index (χ1n) is 4.22. The quantitative estimate of drug-likeness (QED) is 0.886. The lowest BCUT2D eigenvalue weighted by Gasteiger charge is -2.12. The zero-order valence-electron chi connectivity index (χ0n) is 7.88. The fourth-order valence-electron chi connectivity index (χ4n) is 1.15. The molecule has 72 valence electrons. The zero-order chi connectivity index (χ0) is 9.84. The molecular formula is C10H14BrNO. The summed E-state index contributed by atoms with van der Waals surface area (Å²) in [5.74, 6) is 1.22. The monoisotopic (exact) mass is 243 g/mol. The highest BCUT2D eigenvalue weighted by molar-refractivity contribution is 9.10. The summed E-state index contributed by atoms with van der Waals surface area (Å²) >= 11 is 3.49. The maximum absolute atomic E-state index is 5.60. The number of nitrogens with two attached hydrogens (primary N) is 1. The lowest BCUT2D eigenvalue weighted by molar-refractivity contribution is 0.414. The summed E-state index contributed by atoms with van der Waals surface area (Å²) in [7, 11) is 1.67. The van der Waals surface area contributed by atoms with Crippen LogP contribution in [0.5, 0.6) is 5.75 Å². The molecule has 1 unspecified atom stereocenters. The Balaban J connectivity index is 3.03. The second-order valence-electron chi connectivity index (χ2n) is 3.02. The minimum Gasteiger partial charge on any atom is -0.497 e. The lowest BCUT2D eigenvalue weighted by atomic mass is 10.0. The van der Waals surface area contributed by atoms with Gasteiger partial charge in [0.2, 0.25) is 0 Å². The van der Waals surface area contributed by atoms with Gasteiger partial charge in [-0.25, -0.2) is 0 Å². The van der Waals surface area contributed by atoms with Gasteiger partial charge in [-0.2, -0.15) is 0 Å². The van der Waals surface area contributed by atoms with Gasteiger partial charge in [0.1, 0.15) is 5.75 Å². The van der Waals surface area contributed by atoms with Crippen molar-refractivity contribution in [2.45, 2.75) is 12.8 Å². The van der Waals surface area contributed by atoms with Crippen molar-refractivity contribution in [3.8, 4) is 5.75 Å². The average molecular weight is 244 g/mol. The van der Waals surface area contributed by atoms with Crippen LogP contribution >= 0.6 is 15.9 Å². The number of rotatable bonds is 3. The molecule has 0 radical (unpaired) electrons. The predicted molar refractivity (Wildman–Crippen MR) is 58.2 cm³/mol. The van der Waals surface area contributed by atoms with Gasteiger partial charge in [-0.1, -0.05) is 22.9 Å². The van der Waals surface area contributed by atoms with E-state index >= 15 is 0 Å².